The van der Waals surface area contributed by atoms with Gasteiger partial charge in [-0.25, -0.2) is 18.7 Å². The Hall–Kier alpha value is -4.31. The first kappa shape index (κ1) is 23.4. The van der Waals surface area contributed by atoms with Crippen LogP contribution in [0, 0.1) is 0 Å². The second-order valence-electron chi connectivity index (χ2n) is 7.83. The first-order chi connectivity index (χ1) is 17.5. The number of imidazole rings is 1. The Balaban J connectivity index is 1.50. The summed E-state index contributed by atoms with van der Waals surface area (Å²) in [5.74, 6) is 1.25. The van der Waals surface area contributed by atoms with Crippen molar-refractivity contribution in [3.05, 3.63) is 100 Å². The van der Waals surface area contributed by atoms with Crippen LogP contribution < -0.4 is 15.6 Å². The fourth-order valence-electron chi connectivity index (χ4n) is 3.67. The molecule has 3 aromatic heterocycles. The number of halogens is 3. The number of rotatable bonds is 8. The van der Waals surface area contributed by atoms with Gasteiger partial charge in [0.15, 0.2) is 11.2 Å². The van der Waals surface area contributed by atoms with Crippen molar-refractivity contribution in [2.75, 3.05) is 5.32 Å². The van der Waals surface area contributed by atoms with Gasteiger partial charge < -0.3 is 14.6 Å². The van der Waals surface area contributed by atoms with Gasteiger partial charge in [-0.15, -0.1) is 0 Å². The third-order valence-electron chi connectivity index (χ3n) is 5.30. The van der Waals surface area contributed by atoms with Gasteiger partial charge in [-0.1, -0.05) is 29.8 Å². The van der Waals surface area contributed by atoms with Gasteiger partial charge in [-0.3, -0.25) is 9.36 Å². The van der Waals surface area contributed by atoms with E-state index in [1.807, 2.05) is 18.2 Å². The lowest BCUT2D eigenvalue weighted by Gasteiger charge is -2.16. The highest BCUT2D eigenvalue weighted by atomic mass is 35.5. The molecule has 0 fully saturated rings. The first-order valence-corrected chi connectivity index (χ1v) is 11.3. The minimum absolute atomic E-state index is 0.00826. The molecule has 182 valence electrons. The molecule has 3 heterocycles. The summed E-state index contributed by atoms with van der Waals surface area (Å²) in [6, 6.07) is 19.5. The summed E-state index contributed by atoms with van der Waals surface area (Å²) >= 11 is 6.01. The maximum atomic E-state index is 13.1. The topological polar surface area (TPSA) is 86.9 Å². The number of nitrogens with one attached hydrogen (secondary N) is 1. The second kappa shape index (κ2) is 10.1. The van der Waals surface area contributed by atoms with Gasteiger partial charge in [-0.05, 0) is 48.0 Å². The predicted molar refractivity (Wildman–Crippen MR) is 132 cm³/mol. The van der Waals surface area contributed by atoms with Gasteiger partial charge in [0, 0.05) is 23.0 Å². The summed E-state index contributed by atoms with van der Waals surface area (Å²) in [6.45, 7) is -0.380. The lowest BCUT2D eigenvalue weighted by Crippen LogP contribution is -2.21. The summed E-state index contributed by atoms with van der Waals surface area (Å²) in [7, 11) is 0. The molecular formula is C25H19ClF2N6O2. The lowest BCUT2D eigenvalue weighted by atomic mass is 10.2. The van der Waals surface area contributed by atoms with E-state index in [-0.39, 0.29) is 23.7 Å². The highest BCUT2D eigenvalue weighted by molar-refractivity contribution is 6.30. The molecule has 0 aliphatic carbocycles. The highest BCUT2D eigenvalue weighted by Crippen LogP contribution is 2.24. The average molecular weight is 509 g/mol. The van der Waals surface area contributed by atoms with Crippen molar-refractivity contribution in [2.45, 2.75) is 19.5 Å². The predicted octanol–water partition coefficient (Wildman–Crippen LogP) is 5.49. The zero-order chi connectivity index (χ0) is 25.1. The third-order valence-corrected chi connectivity index (χ3v) is 5.55. The zero-order valence-corrected chi connectivity index (χ0v) is 19.4. The number of alkyl halides is 2. The van der Waals surface area contributed by atoms with Crippen molar-refractivity contribution < 1.29 is 13.5 Å². The number of anilines is 2. The van der Waals surface area contributed by atoms with Crippen LogP contribution in [0.15, 0.2) is 84.0 Å². The molecule has 0 atom stereocenters. The van der Waals surface area contributed by atoms with E-state index in [4.69, 9.17) is 16.3 Å². The molecule has 2 aromatic carbocycles. The number of fused-ring (bicyclic) bond motifs is 1. The Morgan fingerprint density at radius 3 is 2.47 bits per heavy atom. The van der Waals surface area contributed by atoms with Gasteiger partial charge in [0.05, 0.1) is 19.4 Å². The van der Waals surface area contributed by atoms with Crippen LogP contribution in [0.25, 0.3) is 11.2 Å². The minimum Gasteiger partial charge on any atom is -0.439 e. The fraction of sp³-hybridized carbons (Fsp3) is 0.120. The summed E-state index contributed by atoms with van der Waals surface area (Å²) in [4.78, 5) is 25.4. The number of nitrogens with zero attached hydrogens (tertiary/aromatic N) is 5. The summed E-state index contributed by atoms with van der Waals surface area (Å²) in [5.41, 5.74) is 1.08. The summed E-state index contributed by atoms with van der Waals surface area (Å²) in [5, 5.41) is 3.71. The van der Waals surface area contributed by atoms with E-state index in [0.717, 1.165) is 10.1 Å². The average Bonchev–Trinajstić information content (AvgIpc) is 3.28. The van der Waals surface area contributed by atoms with E-state index >= 15 is 0 Å². The van der Waals surface area contributed by atoms with Crippen molar-refractivity contribution in [1.29, 1.82) is 0 Å². The number of hydrogen-bond donors (Lipinski definition) is 1. The van der Waals surface area contributed by atoms with Gasteiger partial charge >= 0.3 is 5.56 Å². The van der Waals surface area contributed by atoms with E-state index in [1.165, 1.54) is 6.33 Å². The van der Waals surface area contributed by atoms with E-state index in [2.05, 4.69) is 20.3 Å². The molecule has 0 spiro atoms. The SMILES string of the molecule is O=c1nc(Nc2ccc(Oc3ccccn3)cc2)n(Cc2ccc(Cl)cc2)c2ncn(CC(F)F)c12. The largest absolute Gasteiger partial charge is 0.439 e. The molecule has 0 aliphatic rings. The maximum absolute atomic E-state index is 13.1. The normalized spacial score (nSPS) is 11.2. The molecule has 0 aliphatic heterocycles. The summed E-state index contributed by atoms with van der Waals surface area (Å²) in [6.07, 6.45) is 0.220. The summed E-state index contributed by atoms with van der Waals surface area (Å²) < 4.78 is 34.6. The monoisotopic (exact) mass is 508 g/mol. The molecule has 0 saturated heterocycles. The number of aromatic nitrogens is 5. The first-order valence-electron chi connectivity index (χ1n) is 10.9. The van der Waals surface area contributed by atoms with Crippen LogP contribution in [-0.4, -0.2) is 30.5 Å². The molecule has 0 saturated carbocycles. The number of ether oxygens (including phenoxy) is 1. The van der Waals surface area contributed by atoms with Gasteiger partial charge in [0.1, 0.15) is 5.75 Å². The van der Waals surface area contributed by atoms with Crippen LogP contribution in [0.3, 0.4) is 0 Å². The molecule has 1 N–H and O–H groups in total. The van der Waals surface area contributed by atoms with E-state index in [9.17, 15) is 13.6 Å². The molecule has 0 bridgehead atoms. The molecule has 36 heavy (non-hydrogen) atoms. The zero-order valence-electron chi connectivity index (χ0n) is 18.7. The quantitative estimate of drug-likeness (QED) is 0.298. The number of benzene rings is 2. The van der Waals surface area contributed by atoms with Crippen LogP contribution in [-0.2, 0) is 13.1 Å². The Bertz CT molecular complexity index is 1540. The van der Waals surface area contributed by atoms with Crippen LogP contribution in [0.5, 0.6) is 11.6 Å². The molecule has 5 aromatic rings. The van der Waals surface area contributed by atoms with Gasteiger partial charge in [0.2, 0.25) is 11.8 Å². The number of pyridine rings is 1. The lowest BCUT2D eigenvalue weighted by molar-refractivity contribution is 0.128. The van der Waals surface area contributed by atoms with Crippen LogP contribution >= 0.6 is 11.6 Å². The van der Waals surface area contributed by atoms with Crippen LogP contribution in [0.1, 0.15) is 5.56 Å². The van der Waals surface area contributed by atoms with E-state index < -0.39 is 18.5 Å². The van der Waals surface area contributed by atoms with Crippen molar-refractivity contribution in [1.82, 2.24) is 24.1 Å². The maximum Gasteiger partial charge on any atom is 0.300 e. The molecular weight excluding hydrogens is 490 g/mol. The molecule has 0 unspecified atom stereocenters. The Kier molecular flexibility index (Phi) is 6.59. The standard InChI is InChI=1S/C25H19ClF2N6O2/c26-17-6-4-16(5-7-17)13-34-23-22(33(15-30-23)14-20(27)28)24(35)32-25(34)31-18-8-10-19(11-9-18)36-21-3-1-2-12-29-21/h1-12,15,20H,13-14H2,(H,31,32,35). The molecule has 11 heteroatoms. The fourth-order valence-corrected chi connectivity index (χ4v) is 3.79. The van der Waals surface area contributed by atoms with Crippen molar-refractivity contribution in [2.24, 2.45) is 0 Å². The smallest absolute Gasteiger partial charge is 0.300 e. The van der Waals surface area contributed by atoms with Gasteiger partial charge in [-0.2, -0.15) is 4.98 Å². The second-order valence-corrected chi connectivity index (χ2v) is 8.27. The molecule has 0 amide bonds. The number of hydrogen-bond acceptors (Lipinski definition) is 6. The highest BCUT2D eigenvalue weighted by Gasteiger charge is 2.18. The van der Waals surface area contributed by atoms with Crippen molar-refractivity contribution in [3.8, 4) is 11.6 Å². The molecule has 8 nitrogen and oxygen atoms in total. The van der Waals surface area contributed by atoms with E-state index in [1.54, 1.807) is 59.3 Å². The Morgan fingerprint density at radius 1 is 1.00 bits per heavy atom. The molecule has 0 radical (unpaired) electrons. The van der Waals surface area contributed by atoms with Crippen LogP contribution in [0.4, 0.5) is 20.4 Å². The minimum atomic E-state index is -2.64. The Labute approximate surface area is 208 Å². The van der Waals surface area contributed by atoms with Crippen molar-refractivity contribution >= 4 is 34.4 Å². The van der Waals surface area contributed by atoms with E-state index in [0.29, 0.717) is 22.3 Å². The third kappa shape index (κ3) is 5.18. The van der Waals surface area contributed by atoms with Crippen molar-refractivity contribution in [3.63, 3.8) is 0 Å². The van der Waals surface area contributed by atoms with Crippen LogP contribution in [0.2, 0.25) is 5.02 Å². The molecule has 5 rings (SSSR count). The van der Waals surface area contributed by atoms with Gasteiger partial charge in [0.25, 0.3) is 6.43 Å². The Morgan fingerprint density at radius 2 is 1.78 bits per heavy atom.